The second-order valence-electron chi connectivity index (χ2n) is 5.08. The lowest BCUT2D eigenvalue weighted by atomic mass is 10.0. The fourth-order valence-electron chi connectivity index (χ4n) is 1.87. The van der Waals surface area contributed by atoms with Crippen molar-refractivity contribution in [2.45, 2.75) is 19.8 Å². The molecule has 3 N–H and O–H groups in total. The van der Waals surface area contributed by atoms with Gasteiger partial charge in [0.25, 0.3) is 5.91 Å². The number of nitrogens with one attached hydrogen (secondary N) is 1. The van der Waals surface area contributed by atoms with Crippen LogP contribution in [0.4, 0.5) is 20.2 Å². The SMILES string of the molecule is CC(C)c1ccc(NC(=O)c2cc(F)c(N)c(F)c2)cc1. The minimum Gasteiger partial charge on any atom is -0.394 e. The van der Waals surface area contributed by atoms with E-state index >= 15 is 0 Å². The topological polar surface area (TPSA) is 55.1 Å². The van der Waals surface area contributed by atoms with E-state index in [9.17, 15) is 13.6 Å². The molecule has 0 aliphatic heterocycles. The zero-order chi connectivity index (χ0) is 15.6. The van der Waals surface area contributed by atoms with Gasteiger partial charge in [-0.25, -0.2) is 8.78 Å². The van der Waals surface area contributed by atoms with Crippen LogP contribution in [0.15, 0.2) is 36.4 Å². The molecule has 21 heavy (non-hydrogen) atoms. The van der Waals surface area contributed by atoms with Crippen LogP contribution < -0.4 is 11.1 Å². The molecule has 2 aromatic rings. The summed E-state index contributed by atoms with van der Waals surface area (Å²) >= 11 is 0. The van der Waals surface area contributed by atoms with E-state index in [1.807, 2.05) is 12.1 Å². The van der Waals surface area contributed by atoms with Gasteiger partial charge in [0.05, 0.1) is 0 Å². The van der Waals surface area contributed by atoms with Crippen molar-refractivity contribution in [3.63, 3.8) is 0 Å². The molecule has 3 nitrogen and oxygen atoms in total. The van der Waals surface area contributed by atoms with E-state index in [1.54, 1.807) is 12.1 Å². The van der Waals surface area contributed by atoms with Gasteiger partial charge in [-0.05, 0) is 35.7 Å². The Morgan fingerprint density at radius 3 is 2.10 bits per heavy atom. The summed E-state index contributed by atoms with van der Waals surface area (Å²) < 4.78 is 26.7. The highest BCUT2D eigenvalue weighted by molar-refractivity contribution is 6.04. The predicted molar refractivity (Wildman–Crippen MR) is 79.3 cm³/mol. The number of rotatable bonds is 3. The zero-order valence-electron chi connectivity index (χ0n) is 11.8. The van der Waals surface area contributed by atoms with Crippen molar-refractivity contribution in [3.05, 3.63) is 59.2 Å². The molecule has 1 amide bonds. The lowest BCUT2D eigenvalue weighted by Gasteiger charge is -2.09. The number of hydrogen-bond donors (Lipinski definition) is 2. The van der Waals surface area contributed by atoms with E-state index in [2.05, 4.69) is 19.2 Å². The van der Waals surface area contributed by atoms with Gasteiger partial charge >= 0.3 is 0 Å². The van der Waals surface area contributed by atoms with Crippen molar-refractivity contribution in [2.24, 2.45) is 0 Å². The van der Waals surface area contributed by atoms with Gasteiger partial charge in [-0.2, -0.15) is 0 Å². The van der Waals surface area contributed by atoms with Crippen molar-refractivity contribution >= 4 is 17.3 Å². The summed E-state index contributed by atoms with van der Waals surface area (Å²) in [5, 5.41) is 2.59. The Morgan fingerprint density at radius 1 is 1.10 bits per heavy atom. The average molecular weight is 290 g/mol. The molecule has 2 rings (SSSR count). The maximum absolute atomic E-state index is 13.3. The Labute approximate surface area is 121 Å². The Morgan fingerprint density at radius 2 is 1.62 bits per heavy atom. The Bertz CT molecular complexity index is 643. The number of nitrogens with two attached hydrogens (primary N) is 1. The summed E-state index contributed by atoms with van der Waals surface area (Å²) in [5.74, 6) is -2.11. The van der Waals surface area contributed by atoms with Gasteiger partial charge in [0.15, 0.2) is 0 Å². The zero-order valence-corrected chi connectivity index (χ0v) is 11.8. The van der Waals surface area contributed by atoms with Gasteiger partial charge in [0.1, 0.15) is 17.3 Å². The summed E-state index contributed by atoms with van der Waals surface area (Å²) in [6.45, 7) is 4.13. The third kappa shape index (κ3) is 3.37. The molecular weight excluding hydrogens is 274 g/mol. The number of hydrogen-bond acceptors (Lipinski definition) is 2. The van der Waals surface area contributed by atoms with Crippen LogP contribution >= 0.6 is 0 Å². The molecule has 0 unspecified atom stereocenters. The van der Waals surface area contributed by atoms with Crippen LogP contribution in [0.5, 0.6) is 0 Å². The van der Waals surface area contributed by atoms with Crippen LogP contribution in [0.1, 0.15) is 35.7 Å². The van der Waals surface area contributed by atoms with Crippen LogP contribution in [0.2, 0.25) is 0 Å². The van der Waals surface area contributed by atoms with Crippen LogP contribution in [-0.2, 0) is 0 Å². The highest BCUT2D eigenvalue weighted by Gasteiger charge is 2.13. The third-order valence-electron chi connectivity index (χ3n) is 3.18. The van der Waals surface area contributed by atoms with E-state index in [4.69, 9.17) is 5.73 Å². The largest absolute Gasteiger partial charge is 0.394 e. The van der Waals surface area contributed by atoms with Crippen LogP contribution in [0.25, 0.3) is 0 Å². The molecule has 0 atom stereocenters. The fourth-order valence-corrected chi connectivity index (χ4v) is 1.87. The highest BCUT2D eigenvalue weighted by Crippen LogP contribution is 2.20. The standard InChI is InChI=1S/C16H16F2N2O/c1-9(2)10-3-5-12(6-4-10)20-16(21)11-7-13(17)15(19)14(18)8-11/h3-9H,19H2,1-2H3,(H,20,21). The number of halogens is 2. The van der Waals surface area contributed by atoms with E-state index in [-0.39, 0.29) is 5.56 Å². The van der Waals surface area contributed by atoms with Crippen molar-refractivity contribution in [1.82, 2.24) is 0 Å². The Hall–Kier alpha value is -2.43. The molecule has 0 aliphatic carbocycles. The summed E-state index contributed by atoms with van der Waals surface area (Å²) in [6.07, 6.45) is 0. The van der Waals surface area contributed by atoms with Crippen molar-refractivity contribution in [2.75, 3.05) is 11.1 Å². The quantitative estimate of drug-likeness (QED) is 0.842. The number of amides is 1. The second kappa shape index (κ2) is 5.91. The highest BCUT2D eigenvalue weighted by atomic mass is 19.1. The molecule has 5 heteroatoms. The van der Waals surface area contributed by atoms with E-state index in [0.717, 1.165) is 17.7 Å². The van der Waals surface area contributed by atoms with E-state index < -0.39 is 23.2 Å². The Balaban J connectivity index is 2.18. The molecule has 0 spiro atoms. The van der Waals surface area contributed by atoms with Crippen molar-refractivity contribution in [3.8, 4) is 0 Å². The monoisotopic (exact) mass is 290 g/mol. The van der Waals surface area contributed by atoms with Gasteiger partial charge in [-0.3, -0.25) is 4.79 Å². The molecule has 0 saturated carbocycles. The number of carbonyl (C=O) groups is 1. The number of nitrogen functional groups attached to an aromatic ring is 1. The van der Waals surface area contributed by atoms with Gasteiger partial charge in [0, 0.05) is 11.3 Å². The number of benzene rings is 2. The summed E-state index contributed by atoms with van der Waals surface area (Å²) in [7, 11) is 0. The summed E-state index contributed by atoms with van der Waals surface area (Å²) in [4.78, 5) is 12.0. The minimum atomic E-state index is -0.949. The summed E-state index contributed by atoms with van der Waals surface area (Å²) in [5.41, 5.74) is 6.15. The van der Waals surface area contributed by atoms with Gasteiger partial charge in [-0.15, -0.1) is 0 Å². The predicted octanol–water partition coefficient (Wildman–Crippen LogP) is 3.92. The molecule has 0 radical (unpaired) electrons. The number of anilines is 2. The van der Waals surface area contributed by atoms with Crippen LogP contribution in [0.3, 0.4) is 0 Å². The van der Waals surface area contributed by atoms with Gasteiger partial charge in [0.2, 0.25) is 0 Å². The molecule has 110 valence electrons. The maximum atomic E-state index is 13.3. The first-order valence-electron chi connectivity index (χ1n) is 6.54. The minimum absolute atomic E-state index is 0.118. The van der Waals surface area contributed by atoms with E-state index in [0.29, 0.717) is 11.6 Å². The van der Waals surface area contributed by atoms with Crippen molar-refractivity contribution in [1.29, 1.82) is 0 Å². The molecule has 0 heterocycles. The van der Waals surface area contributed by atoms with Crippen molar-refractivity contribution < 1.29 is 13.6 Å². The van der Waals surface area contributed by atoms with Gasteiger partial charge in [-0.1, -0.05) is 26.0 Å². The summed E-state index contributed by atoms with van der Waals surface area (Å²) in [6, 6.07) is 9.11. The molecule has 2 aromatic carbocycles. The lowest BCUT2D eigenvalue weighted by Crippen LogP contribution is -2.13. The molecule has 0 aliphatic rings. The average Bonchev–Trinajstić information content (AvgIpc) is 2.44. The maximum Gasteiger partial charge on any atom is 0.255 e. The third-order valence-corrected chi connectivity index (χ3v) is 3.18. The normalized spacial score (nSPS) is 10.7. The molecular formula is C16H16F2N2O. The van der Waals surface area contributed by atoms with Crippen LogP contribution in [-0.4, -0.2) is 5.91 Å². The first-order chi connectivity index (χ1) is 9.88. The van der Waals surface area contributed by atoms with Crippen LogP contribution in [0, 0.1) is 11.6 Å². The first kappa shape index (κ1) is 15.0. The Kier molecular flexibility index (Phi) is 4.21. The molecule has 0 saturated heterocycles. The van der Waals surface area contributed by atoms with Gasteiger partial charge < -0.3 is 11.1 Å². The molecule has 0 fully saturated rings. The smallest absolute Gasteiger partial charge is 0.255 e. The number of carbonyl (C=O) groups excluding carboxylic acids is 1. The van der Waals surface area contributed by atoms with E-state index in [1.165, 1.54) is 0 Å². The molecule has 0 bridgehead atoms. The lowest BCUT2D eigenvalue weighted by molar-refractivity contribution is 0.102. The molecule has 0 aromatic heterocycles. The second-order valence-corrected chi connectivity index (χ2v) is 5.08. The fraction of sp³-hybridized carbons (Fsp3) is 0.188. The first-order valence-corrected chi connectivity index (χ1v) is 6.54.